The lowest BCUT2D eigenvalue weighted by Gasteiger charge is -2.35. The van der Waals surface area contributed by atoms with E-state index in [9.17, 15) is 4.39 Å². The second kappa shape index (κ2) is 7.19. The van der Waals surface area contributed by atoms with Gasteiger partial charge in [-0.05, 0) is 78.3 Å². The fraction of sp³-hybridized carbons (Fsp3) is 0.478. The van der Waals surface area contributed by atoms with Gasteiger partial charge in [-0.2, -0.15) is 0 Å². The Bertz CT molecular complexity index is 738. The first-order valence-electron chi connectivity index (χ1n) is 9.40. The summed E-state index contributed by atoms with van der Waals surface area (Å²) in [7, 11) is 1.63. The maximum Gasteiger partial charge on any atom is 0.131 e. The van der Waals surface area contributed by atoms with Crippen LogP contribution in [-0.4, -0.2) is 7.11 Å². The largest absolute Gasteiger partial charge is 0.497 e. The minimum absolute atomic E-state index is 0.178. The zero-order valence-corrected chi connectivity index (χ0v) is 15.9. The number of hydrogen-bond acceptors (Lipinski definition) is 1. The van der Waals surface area contributed by atoms with Crippen molar-refractivity contribution in [2.75, 3.05) is 7.11 Å². The zero-order chi connectivity index (χ0) is 18.0. The maximum absolute atomic E-state index is 14.6. The molecule has 2 heteroatoms. The van der Waals surface area contributed by atoms with Gasteiger partial charge >= 0.3 is 0 Å². The number of rotatable bonds is 4. The van der Waals surface area contributed by atoms with Crippen molar-refractivity contribution in [3.8, 4) is 16.9 Å². The summed E-state index contributed by atoms with van der Waals surface area (Å²) in [4.78, 5) is 0. The standard InChI is InChI=1S/C23H29FO/c1-5-16-6-8-19(21-15-18(25-4)7-9-22(21)24)20(14-16)17-10-12-23(2,3)13-11-17/h6-9,14-15,17H,5,10-13H2,1-4H3. The lowest BCUT2D eigenvalue weighted by Crippen LogP contribution is -2.20. The second-order valence-electron chi connectivity index (χ2n) is 8.06. The molecule has 1 aliphatic carbocycles. The van der Waals surface area contributed by atoms with Crippen molar-refractivity contribution in [2.24, 2.45) is 5.41 Å². The van der Waals surface area contributed by atoms with Crippen LogP contribution in [-0.2, 0) is 6.42 Å². The molecule has 1 aliphatic rings. The molecule has 3 rings (SSSR count). The third kappa shape index (κ3) is 3.89. The van der Waals surface area contributed by atoms with Crippen LogP contribution in [0.25, 0.3) is 11.1 Å². The van der Waals surface area contributed by atoms with E-state index < -0.39 is 0 Å². The van der Waals surface area contributed by atoms with Crippen LogP contribution in [0.1, 0.15) is 63.5 Å². The summed E-state index contributed by atoms with van der Waals surface area (Å²) in [6.45, 7) is 6.89. The van der Waals surface area contributed by atoms with Crippen LogP contribution in [0.3, 0.4) is 0 Å². The average Bonchev–Trinajstić information content (AvgIpc) is 2.62. The third-order valence-electron chi connectivity index (χ3n) is 5.77. The SMILES string of the molecule is CCc1ccc(-c2cc(OC)ccc2F)c(C2CCC(C)(C)CC2)c1. The topological polar surface area (TPSA) is 9.23 Å². The van der Waals surface area contributed by atoms with Gasteiger partial charge in [-0.15, -0.1) is 0 Å². The Balaban J connectivity index is 2.05. The molecule has 0 radical (unpaired) electrons. The molecule has 0 spiro atoms. The molecule has 0 saturated heterocycles. The Morgan fingerprint density at radius 2 is 1.76 bits per heavy atom. The number of ether oxygens (including phenoxy) is 1. The van der Waals surface area contributed by atoms with Crippen molar-refractivity contribution in [3.63, 3.8) is 0 Å². The lowest BCUT2D eigenvalue weighted by molar-refractivity contribution is 0.224. The first kappa shape index (κ1) is 18.0. The van der Waals surface area contributed by atoms with Gasteiger partial charge in [0.15, 0.2) is 0 Å². The van der Waals surface area contributed by atoms with Crippen molar-refractivity contribution in [1.29, 1.82) is 0 Å². The molecule has 1 nitrogen and oxygen atoms in total. The number of aryl methyl sites for hydroxylation is 1. The van der Waals surface area contributed by atoms with Crippen LogP contribution in [0, 0.1) is 11.2 Å². The smallest absolute Gasteiger partial charge is 0.131 e. The van der Waals surface area contributed by atoms with Crippen molar-refractivity contribution in [2.45, 2.75) is 58.8 Å². The molecular weight excluding hydrogens is 311 g/mol. The number of halogens is 1. The van der Waals surface area contributed by atoms with E-state index in [1.165, 1.54) is 42.9 Å². The van der Waals surface area contributed by atoms with Gasteiger partial charge in [0, 0.05) is 5.56 Å². The molecule has 1 saturated carbocycles. The van der Waals surface area contributed by atoms with E-state index in [2.05, 4.69) is 39.0 Å². The van der Waals surface area contributed by atoms with Gasteiger partial charge in [0.25, 0.3) is 0 Å². The molecule has 0 N–H and O–H groups in total. The minimum atomic E-state index is -0.178. The molecule has 0 aromatic heterocycles. The summed E-state index contributed by atoms with van der Waals surface area (Å²) >= 11 is 0. The monoisotopic (exact) mass is 340 g/mol. The van der Waals surface area contributed by atoms with Crippen molar-refractivity contribution in [1.82, 2.24) is 0 Å². The average molecular weight is 340 g/mol. The molecule has 0 heterocycles. The Morgan fingerprint density at radius 1 is 1.04 bits per heavy atom. The molecule has 25 heavy (non-hydrogen) atoms. The maximum atomic E-state index is 14.6. The van der Waals surface area contributed by atoms with E-state index in [4.69, 9.17) is 4.74 Å². The van der Waals surface area contributed by atoms with Gasteiger partial charge in [-0.3, -0.25) is 0 Å². The molecule has 0 bridgehead atoms. The van der Waals surface area contributed by atoms with Crippen LogP contribution in [0.5, 0.6) is 5.75 Å². The van der Waals surface area contributed by atoms with Crippen molar-refractivity contribution < 1.29 is 9.13 Å². The predicted molar refractivity (Wildman–Crippen MR) is 103 cm³/mol. The van der Waals surface area contributed by atoms with Crippen LogP contribution in [0.15, 0.2) is 36.4 Å². The van der Waals surface area contributed by atoms with Gasteiger partial charge in [-0.25, -0.2) is 4.39 Å². The first-order valence-corrected chi connectivity index (χ1v) is 9.40. The summed E-state index contributed by atoms with van der Waals surface area (Å²) in [5.74, 6) is 1.04. The second-order valence-corrected chi connectivity index (χ2v) is 8.06. The molecule has 134 valence electrons. The zero-order valence-electron chi connectivity index (χ0n) is 15.9. The normalized spacial score (nSPS) is 17.5. The third-order valence-corrected chi connectivity index (χ3v) is 5.77. The summed E-state index contributed by atoms with van der Waals surface area (Å²) in [6.07, 6.45) is 5.83. The highest BCUT2D eigenvalue weighted by atomic mass is 19.1. The molecule has 0 atom stereocenters. The first-order chi connectivity index (χ1) is 11.9. The van der Waals surface area contributed by atoms with Crippen LogP contribution in [0.4, 0.5) is 4.39 Å². The highest BCUT2D eigenvalue weighted by Gasteiger charge is 2.29. The Kier molecular flexibility index (Phi) is 5.17. The quantitative estimate of drug-likeness (QED) is 0.598. The lowest BCUT2D eigenvalue weighted by atomic mass is 9.70. The molecule has 0 amide bonds. The van der Waals surface area contributed by atoms with Gasteiger partial charge in [0.05, 0.1) is 7.11 Å². The van der Waals surface area contributed by atoms with E-state index >= 15 is 0 Å². The van der Waals surface area contributed by atoms with Gasteiger partial charge < -0.3 is 4.74 Å². The van der Waals surface area contributed by atoms with Crippen LogP contribution >= 0.6 is 0 Å². The summed E-state index contributed by atoms with van der Waals surface area (Å²) in [5.41, 5.74) is 4.74. The van der Waals surface area contributed by atoms with E-state index in [0.717, 1.165) is 12.0 Å². The fourth-order valence-corrected chi connectivity index (χ4v) is 3.96. The van der Waals surface area contributed by atoms with Gasteiger partial charge in [0.1, 0.15) is 11.6 Å². The van der Waals surface area contributed by atoms with E-state index in [-0.39, 0.29) is 5.82 Å². The van der Waals surface area contributed by atoms with E-state index in [1.54, 1.807) is 13.2 Å². The summed E-state index contributed by atoms with van der Waals surface area (Å²) < 4.78 is 19.9. The Hall–Kier alpha value is -1.83. The molecule has 0 unspecified atom stereocenters. The summed E-state index contributed by atoms with van der Waals surface area (Å²) in [5, 5.41) is 0. The Morgan fingerprint density at radius 3 is 2.40 bits per heavy atom. The van der Waals surface area contributed by atoms with Crippen molar-refractivity contribution in [3.05, 3.63) is 53.3 Å². The van der Waals surface area contributed by atoms with Gasteiger partial charge in [0.2, 0.25) is 0 Å². The number of methoxy groups -OCH3 is 1. The number of hydrogen-bond donors (Lipinski definition) is 0. The number of benzene rings is 2. The van der Waals surface area contributed by atoms with Crippen LogP contribution < -0.4 is 4.74 Å². The highest BCUT2D eigenvalue weighted by Crippen LogP contribution is 2.45. The van der Waals surface area contributed by atoms with E-state index in [1.807, 2.05) is 6.07 Å². The predicted octanol–water partition coefficient (Wildman–Crippen LogP) is 6.75. The fourth-order valence-electron chi connectivity index (χ4n) is 3.96. The Labute approximate surface area is 151 Å². The molecule has 2 aromatic carbocycles. The highest BCUT2D eigenvalue weighted by molar-refractivity contribution is 5.70. The molecule has 0 aliphatic heterocycles. The molecular formula is C23H29FO. The van der Waals surface area contributed by atoms with E-state index in [0.29, 0.717) is 22.6 Å². The summed E-state index contributed by atoms with van der Waals surface area (Å²) in [6, 6.07) is 11.6. The van der Waals surface area contributed by atoms with Crippen LogP contribution in [0.2, 0.25) is 0 Å². The molecule has 1 fully saturated rings. The molecule has 2 aromatic rings. The minimum Gasteiger partial charge on any atom is -0.497 e. The van der Waals surface area contributed by atoms with Crippen molar-refractivity contribution >= 4 is 0 Å². The van der Waals surface area contributed by atoms with Gasteiger partial charge in [-0.1, -0.05) is 39.0 Å².